The molecule has 0 aliphatic carbocycles. The number of nitrogens with one attached hydrogen (secondary N) is 1. The topological polar surface area (TPSA) is 65.8 Å². The molecule has 1 aromatic heterocycles. The number of carbonyl (C=O) groups is 1. The zero-order chi connectivity index (χ0) is 12.3. The molecule has 84 valence electrons. The maximum atomic E-state index is 11.8. The van der Waals surface area contributed by atoms with Crippen LogP contribution in [0.2, 0.25) is 0 Å². The third kappa shape index (κ3) is 2.68. The van der Waals surface area contributed by atoms with E-state index in [2.05, 4.69) is 9.69 Å². The van der Waals surface area contributed by atoms with E-state index in [1.54, 1.807) is 30.3 Å². The highest BCUT2D eigenvalue weighted by Gasteiger charge is 2.08. The fraction of sp³-hybridized carbons (Fsp3) is 0.0833. The van der Waals surface area contributed by atoms with Crippen LogP contribution in [0.3, 0.4) is 0 Å². The molecule has 0 atom stereocenters. The van der Waals surface area contributed by atoms with Crippen LogP contribution in [0, 0.1) is 18.3 Å². The van der Waals surface area contributed by atoms with Crippen molar-refractivity contribution in [1.29, 1.82) is 5.26 Å². The second-order valence-electron chi connectivity index (χ2n) is 3.48. The van der Waals surface area contributed by atoms with Crippen LogP contribution in [0.25, 0.3) is 0 Å². The Bertz CT molecular complexity index is 598. The first-order chi connectivity index (χ1) is 8.19. The van der Waals surface area contributed by atoms with Gasteiger partial charge in [-0.2, -0.15) is 9.64 Å². The van der Waals surface area contributed by atoms with E-state index in [0.29, 0.717) is 16.1 Å². The molecular weight excluding hydrogens is 234 g/mol. The van der Waals surface area contributed by atoms with Crippen molar-refractivity contribution >= 4 is 22.4 Å². The van der Waals surface area contributed by atoms with Gasteiger partial charge in [0.05, 0.1) is 17.3 Å². The van der Waals surface area contributed by atoms with E-state index < -0.39 is 0 Å². The molecule has 5 heteroatoms. The van der Waals surface area contributed by atoms with Crippen LogP contribution in [0.5, 0.6) is 0 Å². The third-order valence-electron chi connectivity index (χ3n) is 2.12. The van der Waals surface area contributed by atoms with Crippen LogP contribution in [-0.2, 0) is 0 Å². The number of hydrogen-bond donors (Lipinski definition) is 1. The summed E-state index contributed by atoms with van der Waals surface area (Å²) < 4.78 is 4.07. The zero-order valence-electron chi connectivity index (χ0n) is 9.10. The van der Waals surface area contributed by atoms with Crippen molar-refractivity contribution in [3.05, 3.63) is 47.2 Å². The Morgan fingerprint density at radius 1 is 1.47 bits per heavy atom. The summed E-state index contributed by atoms with van der Waals surface area (Å²) in [6.07, 6.45) is 0. The van der Waals surface area contributed by atoms with Crippen LogP contribution < -0.4 is 5.32 Å². The number of nitriles is 1. The minimum atomic E-state index is -0.231. The second-order valence-corrected chi connectivity index (χ2v) is 4.28. The van der Waals surface area contributed by atoms with E-state index in [-0.39, 0.29) is 5.91 Å². The fourth-order valence-corrected chi connectivity index (χ4v) is 1.99. The monoisotopic (exact) mass is 243 g/mol. The zero-order valence-corrected chi connectivity index (χ0v) is 9.91. The second kappa shape index (κ2) is 4.76. The normalized spacial score (nSPS) is 9.65. The van der Waals surface area contributed by atoms with Crippen LogP contribution >= 0.6 is 11.5 Å². The molecule has 0 spiro atoms. The molecule has 0 bridgehead atoms. The van der Waals surface area contributed by atoms with E-state index in [1.165, 1.54) is 11.5 Å². The molecule has 0 unspecified atom stereocenters. The number of aryl methyl sites for hydroxylation is 1. The van der Waals surface area contributed by atoms with Gasteiger partial charge in [0, 0.05) is 5.56 Å². The van der Waals surface area contributed by atoms with E-state index in [4.69, 9.17) is 5.26 Å². The molecule has 0 radical (unpaired) electrons. The van der Waals surface area contributed by atoms with E-state index in [9.17, 15) is 4.79 Å². The smallest absolute Gasteiger partial charge is 0.256 e. The fourth-order valence-electron chi connectivity index (χ4n) is 1.34. The predicted molar refractivity (Wildman–Crippen MR) is 66.0 cm³/mol. The van der Waals surface area contributed by atoms with Crippen molar-refractivity contribution in [2.45, 2.75) is 6.92 Å². The third-order valence-corrected chi connectivity index (χ3v) is 2.91. The Labute approximate surface area is 103 Å². The number of hydrogen-bond acceptors (Lipinski definition) is 4. The van der Waals surface area contributed by atoms with Crippen molar-refractivity contribution in [3.63, 3.8) is 0 Å². The average Bonchev–Trinajstić information content (AvgIpc) is 2.75. The first-order valence-electron chi connectivity index (χ1n) is 4.94. The molecule has 2 aromatic rings. The van der Waals surface area contributed by atoms with Crippen LogP contribution in [0.15, 0.2) is 30.3 Å². The van der Waals surface area contributed by atoms with Gasteiger partial charge in [-0.25, -0.2) is 0 Å². The standard InChI is InChI=1S/C12H9N3OS/c1-8-5-11(17-15-8)14-12(16)10-4-2-3-9(6-10)7-13/h2-6H,1H3,(H,14,16). The maximum Gasteiger partial charge on any atom is 0.256 e. The Hall–Kier alpha value is -2.19. The van der Waals surface area contributed by atoms with Gasteiger partial charge < -0.3 is 5.32 Å². The summed E-state index contributed by atoms with van der Waals surface area (Å²) in [6, 6.07) is 10.4. The number of rotatable bonds is 2. The van der Waals surface area contributed by atoms with E-state index in [0.717, 1.165) is 5.69 Å². The number of carbonyl (C=O) groups excluding carboxylic acids is 1. The van der Waals surface area contributed by atoms with Crippen LogP contribution in [0.4, 0.5) is 5.00 Å². The summed E-state index contributed by atoms with van der Waals surface area (Å²) in [5.74, 6) is -0.231. The molecule has 0 aliphatic rings. The Balaban J connectivity index is 2.17. The molecule has 1 amide bonds. The van der Waals surface area contributed by atoms with Crippen LogP contribution in [-0.4, -0.2) is 10.3 Å². The van der Waals surface area contributed by atoms with Gasteiger partial charge in [-0.1, -0.05) is 6.07 Å². The summed E-state index contributed by atoms with van der Waals surface area (Å²) in [5, 5.41) is 12.2. The first-order valence-corrected chi connectivity index (χ1v) is 5.71. The molecule has 0 saturated carbocycles. The highest BCUT2D eigenvalue weighted by Crippen LogP contribution is 2.16. The molecule has 0 saturated heterocycles. The van der Waals surface area contributed by atoms with Crippen molar-refractivity contribution in [2.75, 3.05) is 5.32 Å². The largest absolute Gasteiger partial charge is 0.312 e. The summed E-state index contributed by atoms with van der Waals surface area (Å²) in [5.41, 5.74) is 1.81. The molecule has 0 fully saturated rings. The lowest BCUT2D eigenvalue weighted by Crippen LogP contribution is -2.10. The van der Waals surface area contributed by atoms with Crippen molar-refractivity contribution in [1.82, 2.24) is 4.37 Å². The minimum Gasteiger partial charge on any atom is -0.312 e. The molecule has 2 rings (SSSR count). The molecule has 1 heterocycles. The van der Waals surface area contributed by atoms with E-state index >= 15 is 0 Å². The Kier molecular flexibility index (Phi) is 3.17. The molecule has 17 heavy (non-hydrogen) atoms. The number of nitrogens with zero attached hydrogens (tertiary/aromatic N) is 2. The number of benzene rings is 1. The van der Waals surface area contributed by atoms with Crippen molar-refractivity contribution in [3.8, 4) is 6.07 Å². The van der Waals surface area contributed by atoms with Gasteiger partial charge in [-0.05, 0) is 42.7 Å². The molecule has 1 aromatic carbocycles. The minimum absolute atomic E-state index is 0.231. The van der Waals surface area contributed by atoms with Gasteiger partial charge in [0.2, 0.25) is 0 Å². The van der Waals surface area contributed by atoms with E-state index in [1.807, 2.05) is 13.0 Å². The molecule has 0 aliphatic heterocycles. The average molecular weight is 243 g/mol. The van der Waals surface area contributed by atoms with Crippen LogP contribution in [0.1, 0.15) is 21.6 Å². The molecule has 4 nitrogen and oxygen atoms in total. The Morgan fingerprint density at radius 2 is 2.29 bits per heavy atom. The van der Waals surface area contributed by atoms with Gasteiger partial charge in [0.15, 0.2) is 0 Å². The molecule has 1 N–H and O–H groups in total. The predicted octanol–water partition coefficient (Wildman–Crippen LogP) is 2.58. The van der Waals surface area contributed by atoms with Gasteiger partial charge in [-0.15, -0.1) is 0 Å². The molecular formula is C12H9N3OS. The number of aromatic nitrogens is 1. The lowest BCUT2D eigenvalue weighted by Gasteiger charge is -2.01. The first kappa shape index (κ1) is 11.3. The summed E-state index contributed by atoms with van der Waals surface area (Å²) >= 11 is 1.24. The van der Waals surface area contributed by atoms with Gasteiger partial charge >= 0.3 is 0 Å². The van der Waals surface area contributed by atoms with Gasteiger partial charge in [-0.3, -0.25) is 4.79 Å². The summed E-state index contributed by atoms with van der Waals surface area (Å²) in [7, 11) is 0. The van der Waals surface area contributed by atoms with Crippen molar-refractivity contribution < 1.29 is 4.79 Å². The van der Waals surface area contributed by atoms with Gasteiger partial charge in [0.25, 0.3) is 5.91 Å². The lowest BCUT2D eigenvalue weighted by molar-refractivity contribution is 0.102. The number of anilines is 1. The lowest BCUT2D eigenvalue weighted by atomic mass is 10.1. The van der Waals surface area contributed by atoms with Crippen molar-refractivity contribution in [2.24, 2.45) is 0 Å². The van der Waals surface area contributed by atoms with Gasteiger partial charge in [0.1, 0.15) is 5.00 Å². The maximum absolute atomic E-state index is 11.8. The summed E-state index contributed by atoms with van der Waals surface area (Å²) in [4.78, 5) is 11.8. The SMILES string of the molecule is Cc1cc(NC(=O)c2cccc(C#N)c2)sn1. The highest BCUT2D eigenvalue weighted by molar-refractivity contribution is 7.10. The quantitative estimate of drug-likeness (QED) is 0.881. The highest BCUT2D eigenvalue weighted by atomic mass is 32.1. The number of amides is 1. The summed E-state index contributed by atoms with van der Waals surface area (Å²) in [6.45, 7) is 1.86. The Morgan fingerprint density at radius 3 is 2.94 bits per heavy atom.